The van der Waals surface area contributed by atoms with Gasteiger partial charge in [-0.3, -0.25) is 0 Å². The third kappa shape index (κ3) is 7.53. The predicted octanol–water partition coefficient (Wildman–Crippen LogP) is 13.9. The van der Waals surface area contributed by atoms with E-state index in [1.165, 1.54) is 77.9 Å². The molecule has 8 rings (SSSR count). The van der Waals surface area contributed by atoms with Crippen LogP contribution >= 0.6 is 0 Å². The summed E-state index contributed by atoms with van der Waals surface area (Å²) in [6, 6.07) is 77.9. The van der Waals surface area contributed by atoms with Gasteiger partial charge in [0, 0.05) is 0 Å². The van der Waals surface area contributed by atoms with Crippen LogP contribution in [0.15, 0.2) is 218 Å². The number of hydrogen-bond acceptors (Lipinski definition) is 0. The van der Waals surface area contributed by atoms with Crippen LogP contribution in [0.25, 0.3) is 56.7 Å². The third-order valence-corrected chi connectivity index (χ3v) is 9.55. The first-order chi connectivity index (χ1) is 25.8. The van der Waals surface area contributed by atoms with E-state index in [1.807, 2.05) is 0 Å². The van der Waals surface area contributed by atoms with Gasteiger partial charge in [-0.15, -0.1) is 0 Å². The van der Waals surface area contributed by atoms with Gasteiger partial charge in [-0.25, -0.2) is 0 Å². The van der Waals surface area contributed by atoms with Gasteiger partial charge in [0.2, 0.25) is 0 Å². The van der Waals surface area contributed by atoms with Gasteiger partial charge in [0.1, 0.15) is 0 Å². The minimum atomic E-state index is 1.17. The normalized spacial score (nSPS) is 11.7. The standard InChI is InChI=1S/C52H38/c1-5-13-41(14-6-1)45-29-33-49(34-30-45)51(47-17-9-3-10-18-47)37-39-21-25-43(26-22-39)44-27-23-40(24-28-44)38-52(48-19-11-4-12-20-48)50-35-31-46(32-36-50)42-15-7-2-8-16-42/h1-38H. The van der Waals surface area contributed by atoms with Crippen LogP contribution in [0.1, 0.15) is 33.4 Å². The van der Waals surface area contributed by atoms with Crippen LogP contribution < -0.4 is 0 Å². The molecule has 8 aromatic carbocycles. The van der Waals surface area contributed by atoms with E-state index in [2.05, 4.69) is 231 Å². The van der Waals surface area contributed by atoms with E-state index in [0.29, 0.717) is 0 Å². The lowest BCUT2D eigenvalue weighted by molar-refractivity contribution is 1.53. The van der Waals surface area contributed by atoms with Crippen molar-refractivity contribution in [3.63, 3.8) is 0 Å². The van der Waals surface area contributed by atoms with Crippen molar-refractivity contribution >= 4 is 23.3 Å². The Morgan fingerprint density at radius 3 is 0.750 bits per heavy atom. The van der Waals surface area contributed by atoms with Crippen LogP contribution in [0.2, 0.25) is 0 Å². The Balaban J connectivity index is 1.05. The molecule has 8 aromatic rings. The average Bonchev–Trinajstić information content (AvgIpc) is 3.24. The molecule has 0 radical (unpaired) electrons. The lowest BCUT2D eigenvalue weighted by atomic mass is 9.93. The summed E-state index contributed by atoms with van der Waals surface area (Å²) in [4.78, 5) is 0. The molecule has 0 N–H and O–H groups in total. The zero-order valence-electron chi connectivity index (χ0n) is 28.9. The fraction of sp³-hybridized carbons (Fsp3) is 0. The SMILES string of the molecule is C(=C(c1ccccc1)c1ccc(-c2ccccc2)cc1)c1ccc(-c2ccc(C=C(c3ccccc3)c3ccc(-c4ccccc4)cc3)cc2)cc1. The van der Waals surface area contributed by atoms with Gasteiger partial charge < -0.3 is 0 Å². The second-order valence-electron chi connectivity index (χ2n) is 13.0. The summed E-state index contributed by atoms with van der Waals surface area (Å²) in [5.41, 5.74) is 16.8. The lowest BCUT2D eigenvalue weighted by Gasteiger charge is -2.11. The predicted molar refractivity (Wildman–Crippen MR) is 222 cm³/mol. The topological polar surface area (TPSA) is 0 Å². The largest absolute Gasteiger partial charge is 0.0622 e. The summed E-state index contributed by atoms with van der Waals surface area (Å²) in [6.45, 7) is 0. The zero-order chi connectivity index (χ0) is 35.0. The molecule has 0 amide bonds. The monoisotopic (exact) mass is 662 g/mol. The molecule has 0 aliphatic rings. The highest BCUT2D eigenvalue weighted by molar-refractivity contribution is 5.93. The average molecular weight is 663 g/mol. The van der Waals surface area contributed by atoms with E-state index < -0.39 is 0 Å². The van der Waals surface area contributed by atoms with Gasteiger partial charge in [0.05, 0.1) is 0 Å². The van der Waals surface area contributed by atoms with Gasteiger partial charge in [-0.05, 0) is 90.1 Å². The zero-order valence-corrected chi connectivity index (χ0v) is 28.9. The van der Waals surface area contributed by atoms with E-state index in [0.717, 1.165) is 0 Å². The fourth-order valence-corrected chi connectivity index (χ4v) is 6.72. The van der Waals surface area contributed by atoms with Crippen LogP contribution in [0.5, 0.6) is 0 Å². The maximum absolute atomic E-state index is 2.29. The Hall–Kier alpha value is -6.76. The maximum atomic E-state index is 2.29. The van der Waals surface area contributed by atoms with Gasteiger partial charge in [0.25, 0.3) is 0 Å². The first-order valence-electron chi connectivity index (χ1n) is 17.8. The van der Waals surface area contributed by atoms with Crippen molar-refractivity contribution in [1.29, 1.82) is 0 Å². The minimum Gasteiger partial charge on any atom is -0.0622 e. The summed E-state index contributed by atoms with van der Waals surface area (Å²) in [7, 11) is 0. The molecule has 0 saturated carbocycles. The number of benzene rings is 8. The van der Waals surface area contributed by atoms with Crippen molar-refractivity contribution in [1.82, 2.24) is 0 Å². The number of rotatable bonds is 9. The van der Waals surface area contributed by atoms with E-state index in [9.17, 15) is 0 Å². The van der Waals surface area contributed by atoms with Crippen molar-refractivity contribution in [3.8, 4) is 33.4 Å². The molecule has 0 atom stereocenters. The van der Waals surface area contributed by atoms with Crippen LogP contribution in [0.4, 0.5) is 0 Å². The highest BCUT2D eigenvalue weighted by Crippen LogP contribution is 2.32. The Labute approximate surface area is 307 Å². The van der Waals surface area contributed by atoms with Crippen molar-refractivity contribution in [2.75, 3.05) is 0 Å². The first kappa shape index (κ1) is 32.4. The second-order valence-corrected chi connectivity index (χ2v) is 13.0. The maximum Gasteiger partial charge on any atom is -0.0105 e. The molecular weight excluding hydrogens is 625 g/mol. The molecule has 0 heteroatoms. The highest BCUT2D eigenvalue weighted by atomic mass is 14.1. The molecule has 0 aliphatic carbocycles. The molecule has 0 nitrogen and oxygen atoms in total. The van der Waals surface area contributed by atoms with Gasteiger partial charge >= 0.3 is 0 Å². The van der Waals surface area contributed by atoms with Crippen LogP contribution in [0, 0.1) is 0 Å². The minimum absolute atomic E-state index is 1.17. The van der Waals surface area contributed by atoms with E-state index in [1.54, 1.807) is 0 Å². The summed E-state index contributed by atoms with van der Waals surface area (Å²) in [6.07, 6.45) is 4.59. The van der Waals surface area contributed by atoms with Crippen molar-refractivity contribution in [3.05, 3.63) is 252 Å². The quantitative estimate of drug-likeness (QED) is 0.135. The van der Waals surface area contributed by atoms with Gasteiger partial charge in [0.15, 0.2) is 0 Å². The van der Waals surface area contributed by atoms with E-state index in [-0.39, 0.29) is 0 Å². The van der Waals surface area contributed by atoms with Crippen molar-refractivity contribution in [2.45, 2.75) is 0 Å². The van der Waals surface area contributed by atoms with E-state index in [4.69, 9.17) is 0 Å². The van der Waals surface area contributed by atoms with Crippen LogP contribution in [-0.2, 0) is 0 Å². The van der Waals surface area contributed by atoms with Gasteiger partial charge in [-0.1, -0.05) is 218 Å². The van der Waals surface area contributed by atoms with Crippen LogP contribution in [-0.4, -0.2) is 0 Å². The fourth-order valence-electron chi connectivity index (χ4n) is 6.72. The number of hydrogen-bond donors (Lipinski definition) is 0. The second kappa shape index (κ2) is 15.4. The summed E-state index contributed by atoms with van der Waals surface area (Å²) in [5, 5.41) is 0. The molecule has 246 valence electrons. The Morgan fingerprint density at radius 2 is 0.442 bits per heavy atom. The molecular formula is C52H38. The molecule has 0 aromatic heterocycles. The molecule has 0 saturated heterocycles. The van der Waals surface area contributed by atoms with Crippen molar-refractivity contribution < 1.29 is 0 Å². The molecule has 0 unspecified atom stereocenters. The summed E-state index contributed by atoms with van der Waals surface area (Å²) in [5.74, 6) is 0. The summed E-state index contributed by atoms with van der Waals surface area (Å²) < 4.78 is 0. The Kier molecular flexibility index (Phi) is 9.62. The van der Waals surface area contributed by atoms with Gasteiger partial charge in [-0.2, -0.15) is 0 Å². The Bertz CT molecular complexity index is 2220. The third-order valence-electron chi connectivity index (χ3n) is 9.55. The summed E-state index contributed by atoms with van der Waals surface area (Å²) >= 11 is 0. The Morgan fingerprint density at radius 1 is 0.212 bits per heavy atom. The molecule has 0 spiro atoms. The molecule has 52 heavy (non-hydrogen) atoms. The highest BCUT2D eigenvalue weighted by Gasteiger charge is 2.09. The van der Waals surface area contributed by atoms with E-state index >= 15 is 0 Å². The molecule has 0 aliphatic heterocycles. The smallest absolute Gasteiger partial charge is 0.0105 e. The van der Waals surface area contributed by atoms with Crippen molar-refractivity contribution in [2.24, 2.45) is 0 Å². The molecule has 0 heterocycles. The van der Waals surface area contributed by atoms with Crippen LogP contribution in [0.3, 0.4) is 0 Å². The lowest BCUT2D eigenvalue weighted by Crippen LogP contribution is -1.89. The molecule has 0 bridgehead atoms. The first-order valence-corrected chi connectivity index (χ1v) is 17.8. The molecule has 0 fully saturated rings.